The van der Waals surface area contributed by atoms with E-state index in [1.807, 2.05) is 0 Å². The van der Waals surface area contributed by atoms with Crippen LogP contribution in [0.25, 0.3) is 0 Å². The molecule has 0 aromatic rings. The summed E-state index contributed by atoms with van der Waals surface area (Å²) >= 11 is 0. The SMILES string of the molecule is C=C(C)S(=O)(=O)NC(C)(C)C.[HH].[U]. The van der Waals surface area contributed by atoms with Crippen LogP contribution in [-0.2, 0) is 10.0 Å². The van der Waals surface area contributed by atoms with Gasteiger partial charge in [-0.2, -0.15) is 0 Å². The summed E-state index contributed by atoms with van der Waals surface area (Å²) in [6.45, 7) is 10.2. The zero-order valence-corrected chi connectivity index (χ0v) is 12.9. The molecule has 12 heavy (non-hydrogen) atoms. The van der Waals surface area contributed by atoms with Gasteiger partial charge in [-0.05, 0) is 27.7 Å². The number of hydrogen-bond acceptors (Lipinski definition) is 2. The van der Waals surface area contributed by atoms with Crippen molar-refractivity contribution in [2.45, 2.75) is 33.2 Å². The fourth-order valence-electron chi connectivity index (χ4n) is 0.490. The molecule has 0 saturated heterocycles. The first-order chi connectivity index (χ1) is 4.65. The van der Waals surface area contributed by atoms with Crippen molar-refractivity contribution in [1.29, 1.82) is 0 Å². The zero-order chi connectivity index (χ0) is 9.28. The summed E-state index contributed by atoms with van der Waals surface area (Å²) in [5, 5.41) is 0. The van der Waals surface area contributed by atoms with Crippen LogP contribution in [0.1, 0.15) is 29.1 Å². The second-order valence-corrected chi connectivity index (χ2v) is 5.47. The summed E-state index contributed by atoms with van der Waals surface area (Å²) in [5.74, 6) is 0. The van der Waals surface area contributed by atoms with Gasteiger partial charge in [0.2, 0.25) is 10.0 Å². The van der Waals surface area contributed by atoms with Crippen LogP contribution in [0.5, 0.6) is 0 Å². The van der Waals surface area contributed by atoms with Crippen LogP contribution in [0.3, 0.4) is 0 Å². The number of nitrogens with one attached hydrogen (secondary N) is 1. The minimum Gasteiger partial charge on any atom is -0.207 e. The van der Waals surface area contributed by atoms with Crippen molar-refractivity contribution in [3.05, 3.63) is 11.5 Å². The molecule has 0 atom stereocenters. The van der Waals surface area contributed by atoms with Crippen LogP contribution in [-0.4, -0.2) is 14.0 Å². The average Bonchev–Trinajstić information content (AvgIpc) is 1.56. The molecule has 0 aromatic heterocycles. The van der Waals surface area contributed by atoms with E-state index in [4.69, 9.17) is 0 Å². The van der Waals surface area contributed by atoms with Crippen LogP contribution >= 0.6 is 0 Å². The molecule has 0 spiro atoms. The normalized spacial score (nSPS) is 12.0. The van der Waals surface area contributed by atoms with E-state index in [1.165, 1.54) is 6.92 Å². The third kappa shape index (κ3) is 6.24. The molecule has 0 aliphatic carbocycles. The van der Waals surface area contributed by atoms with Crippen LogP contribution < -0.4 is 4.72 Å². The predicted molar refractivity (Wildman–Crippen MR) is 48.7 cm³/mol. The fraction of sp³-hybridized carbons (Fsp3) is 0.714. The van der Waals surface area contributed by atoms with Gasteiger partial charge in [-0.1, -0.05) is 6.58 Å². The Labute approximate surface area is 99.9 Å². The van der Waals surface area contributed by atoms with E-state index in [-0.39, 0.29) is 37.4 Å². The van der Waals surface area contributed by atoms with Gasteiger partial charge in [0.25, 0.3) is 0 Å². The molecule has 1 N–H and O–H groups in total. The smallest absolute Gasteiger partial charge is 0.207 e. The van der Waals surface area contributed by atoms with E-state index in [0.717, 1.165) is 0 Å². The van der Waals surface area contributed by atoms with Crippen LogP contribution in [0.4, 0.5) is 0 Å². The molecule has 0 unspecified atom stereocenters. The number of sulfonamides is 1. The summed E-state index contributed by atoms with van der Waals surface area (Å²) in [6, 6.07) is 0. The molecular formula is C7H17NO2SU. The summed E-state index contributed by atoms with van der Waals surface area (Å²) < 4.78 is 24.7. The summed E-state index contributed by atoms with van der Waals surface area (Å²) in [4.78, 5) is 0.146. The molecule has 0 bridgehead atoms. The Bertz CT molecular complexity index is 256. The third-order valence-corrected chi connectivity index (χ3v) is 2.70. The van der Waals surface area contributed by atoms with E-state index < -0.39 is 15.6 Å². The first-order valence-electron chi connectivity index (χ1n) is 3.35. The number of rotatable bonds is 2. The largest absolute Gasteiger partial charge is 0.236 e. The van der Waals surface area contributed by atoms with Crippen LogP contribution in [0.15, 0.2) is 11.5 Å². The van der Waals surface area contributed by atoms with Crippen LogP contribution in [0, 0.1) is 31.1 Å². The maximum Gasteiger partial charge on any atom is 0.236 e. The third-order valence-electron chi connectivity index (χ3n) is 0.899. The van der Waals surface area contributed by atoms with Crippen LogP contribution in [0.2, 0.25) is 0 Å². The molecule has 72 valence electrons. The average molecular weight is 417 g/mol. The quantitative estimate of drug-likeness (QED) is 0.740. The Kier molecular flexibility index (Phi) is 6.08. The van der Waals surface area contributed by atoms with Crippen molar-refractivity contribution in [3.8, 4) is 0 Å². The topological polar surface area (TPSA) is 46.2 Å². The number of hydrogen-bond donors (Lipinski definition) is 1. The Hall–Kier alpha value is 0.702. The van der Waals surface area contributed by atoms with Crippen molar-refractivity contribution in [2.75, 3.05) is 0 Å². The van der Waals surface area contributed by atoms with E-state index in [1.54, 1.807) is 20.8 Å². The van der Waals surface area contributed by atoms with Gasteiger partial charge < -0.3 is 0 Å². The van der Waals surface area contributed by atoms with E-state index in [2.05, 4.69) is 11.3 Å². The molecule has 0 heterocycles. The summed E-state index contributed by atoms with van der Waals surface area (Å²) in [7, 11) is -3.30. The molecule has 0 aliphatic heterocycles. The van der Waals surface area contributed by atoms with Gasteiger partial charge >= 0.3 is 0 Å². The molecule has 0 fully saturated rings. The van der Waals surface area contributed by atoms with Crippen molar-refractivity contribution in [3.63, 3.8) is 0 Å². The minimum absolute atomic E-state index is 0. The van der Waals surface area contributed by atoms with E-state index >= 15 is 0 Å². The number of allylic oxidation sites excluding steroid dienone is 1. The Morgan fingerprint density at radius 1 is 1.42 bits per heavy atom. The van der Waals surface area contributed by atoms with Gasteiger partial charge in [0.15, 0.2) is 0 Å². The molecule has 0 amide bonds. The van der Waals surface area contributed by atoms with Gasteiger partial charge in [0, 0.05) is 43.0 Å². The molecule has 0 aliphatic rings. The molecular weight excluding hydrogens is 400 g/mol. The Morgan fingerprint density at radius 3 is 1.83 bits per heavy atom. The van der Waals surface area contributed by atoms with Crippen molar-refractivity contribution in [2.24, 2.45) is 0 Å². The molecule has 5 heteroatoms. The van der Waals surface area contributed by atoms with E-state index in [9.17, 15) is 8.42 Å². The van der Waals surface area contributed by atoms with Gasteiger partial charge in [0.05, 0.1) is 0 Å². The van der Waals surface area contributed by atoms with Crippen molar-refractivity contribution in [1.82, 2.24) is 4.72 Å². The van der Waals surface area contributed by atoms with Gasteiger partial charge in [-0.3, -0.25) is 0 Å². The van der Waals surface area contributed by atoms with Crippen molar-refractivity contribution < 1.29 is 41.0 Å². The fourth-order valence-corrected chi connectivity index (χ4v) is 1.47. The second-order valence-electron chi connectivity index (χ2n) is 3.56. The molecule has 0 rings (SSSR count). The predicted octanol–water partition coefficient (Wildman–Crippen LogP) is 1.48. The Balaban J connectivity index is -0.000000500. The standard InChI is InChI=1S/C7H15NO2S.U.H2/c1-6(2)11(9,10)8-7(3,4)5;;/h8H,1H2,2-5H3;;1H. The van der Waals surface area contributed by atoms with E-state index in [0.29, 0.717) is 0 Å². The van der Waals surface area contributed by atoms with Gasteiger partial charge in [-0.15, -0.1) is 0 Å². The maximum absolute atomic E-state index is 11.1. The summed E-state index contributed by atoms with van der Waals surface area (Å²) in [6.07, 6.45) is 0. The van der Waals surface area contributed by atoms with Crippen molar-refractivity contribution >= 4 is 10.0 Å². The molecule has 3 nitrogen and oxygen atoms in total. The summed E-state index contributed by atoms with van der Waals surface area (Å²) in [5.41, 5.74) is -0.433. The van der Waals surface area contributed by atoms with Gasteiger partial charge in [-0.25, -0.2) is 13.1 Å². The molecule has 0 aromatic carbocycles. The van der Waals surface area contributed by atoms with Gasteiger partial charge in [0.1, 0.15) is 0 Å². The first-order valence-corrected chi connectivity index (χ1v) is 4.83. The molecule has 0 saturated carbocycles. The zero-order valence-electron chi connectivity index (χ0n) is 7.93. The molecule has 0 radical (unpaired) electrons. The Morgan fingerprint density at radius 2 is 1.75 bits per heavy atom. The monoisotopic (exact) mass is 417 g/mol. The first kappa shape index (κ1) is 15.2. The minimum atomic E-state index is -3.30. The maximum atomic E-state index is 11.1. The second kappa shape index (κ2) is 4.80.